The van der Waals surface area contributed by atoms with Crippen molar-refractivity contribution in [1.82, 2.24) is 5.32 Å². The van der Waals surface area contributed by atoms with Gasteiger partial charge in [-0.1, -0.05) is 22.4 Å². The van der Waals surface area contributed by atoms with Crippen LogP contribution in [0.15, 0.2) is 16.6 Å². The Kier molecular flexibility index (Phi) is 4.47. The molecule has 0 bridgehead atoms. The zero-order chi connectivity index (χ0) is 14.0. The second-order valence-corrected chi connectivity index (χ2v) is 6.04. The minimum atomic E-state index is -0.115. The Bertz CT molecular complexity index is 491. The number of halogens is 1. The highest BCUT2D eigenvalue weighted by Gasteiger charge is 2.28. The summed E-state index contributed by atoms with van der Waals surface area (Å²) in [6, 6.07) is 3.64. The van der Waals surface area contributed by atoms with Crippen molar-refractivity contribution in [2.45, 2.75) is 32.2 Å². The number of benzene rings is 1. The van der Waals surface area contributed by atoms with Crippen LogP contribution in [0.1, 0.15) is 35.2 Å². The number of aliphatic hydroxyl groups is 1. The molecule has 4 nitrogen and oxygen atoms in total. The lowest BCUT2D eigenvalue weighted by molar-refractivity contribution is 0.0915. The van der Waals surface area contributed by atoms with Gasteiger partial charge in [-0.05, 0) is 37.5 Å². The molecule has 19 heavy (non-hydrogen) atoms. The molecular formula is C14H19BrN2O2. The topological polar surface area (TPSA) is 75.4 Å². The van der Waals surface area contributed by atoms with Gasteiger partial charge in [-0.3, -0.25) is 4.79 Å². The lowest BCUT2D eigenvalue weighted by Crippen LogP contribution is -2.38. The number of carbonyl (C=O) groups excluding carboxylic acids is 1. The van der Waals surface area contributed by atoms with Crippen molar-refractivity contribution < 1.29 is 9.90 Å². The summed E-state index contributed by atoms with van der Waals surface area (Å²) in [5, 5.41) is 12.3. The molecule has 1 amide bonds. The lowest BCUT2D eigenvalue weighted by atomic mass is 10.0. The minimum Gasteiger partial charge on any atom is -0.398 e. The summed E-state index contributed by atoms with van der Waals surface area (Å²) in [4.78, 5) is 12.3. The predicted octanol–water partition coefficient (Wildman–Crippen LogP) is 2.23. The minimum absolute atomic E-state index is 0.0668. The van der Waals surface area contributed by atoms with E-state index in [9.17, 15) is 9.90 Å². The number of anilines is 1. The van der Waals surface area contributed by atoms with Gasteiger partial charge >= 0.3 is 0 Å². The van der Waals surface area contributed by atoms with E-state index < -0.39 is 0 Å². The Morgan fingerprint density at radius 3 is 2.95 bits per heavy atom. The zero-order valence-corrected chi connectivity index (χ0v) is 12.5. The molecule has 0 heterocycles. The summed E-state index contributed by atoms with van der Waals surface area (Å²) < 4.78 is 0.797. The molecule has 1 saturated carbocycles. The number of rotatable bonds is 3. The summed E-state index contributed by atoms with van der Waals surface area (Å²) in [7, 11) is 0. The van der Waals surface area contributed by atoms with E-state index in [4.69, 9.17) is 5.73 Å². The predicted molar refractivity (Wildman–Crippen MR) is 79.0 cm³/mol. The van der Waals surface area contributed by atoms with Gasteiger partial charge in [0.25, 0.3) is 5.91 Å². The standard InChI is InChI=1S/C14H19BrN2O2/c1-8-11(5-10(15)6-12(8)16)14(19)17-13-4-2-3-9(13)7-18/h5-6,9,13,18H,2-4,7,16H2,1H3,(H,17,19). The van der Waals surface area contributed by atoms with Crippen molar-refractivity contribution in [2.24, 2.45) is 5.92 Å². The van der Waals surface area contributed by atoms with Crippen LogP contribution in [0, 0.1) is 12.8 Å². The van der Waals surface area contributed by atoms with Crippen LogP contribution < -0.4 is 11.1 Å². The third-order valence-corrected chi connectivity index (χ3v) is 4.33. The fourth-order valence-corrected chi connectivity index (χ4v) is 3.10. The molecule has 1 fully saturated rings. The first-order valence-electron chi connectivity index (χ1n) is 6.50. The third-order valence-electron chi connectivity index (χ3n) is 3.87. The Labute approximate surface area is 121 Å². The molecule has 1 aliphatic rings. The summed E-state index contributed by atoms with van der Waals surface area (Å²) >= 11 is 3.35. The number of hydrogen-bond acceptors (Lipinski definition) is 3. The second-order valence-electron chi connectivity index (χ2n) is 5.12. The first-order valence-corrected chi connectivity index (χ1v) is 7.29. The van der Waals surface area contributed by atoms with Crippen LogP contribution in [0.3, 0.4) is 0 Å². The smallest absolute Gasteiger partial charge is 0.251 e. The number of aliphatic hydroxyl groups excluding tert-OH is 1. The van der Waals surface area contributed by atoms with Crippen LogP contribution in [0.2, 0.25) is 0 Å². The van der Waals surface area contributed by atoms with Gasteiger partial charge in [0.05, 0.1) is 0 Å². The molecule has 4 N–H and O–H groups in total. The van der Waals surface area contributed by atoms with Gasteiger partial charge in [0, 0.05) is 34.3 Å². The first kappa shape index (κ1) is 14.3. The molecule has 0 spiro atoms. The van der Waals surface area contributed by atoms with Crippen LogP contribution in [0.4, 0.5) is 5.69 Å². The van der Waals surface area contributed by atoms with E-state index in [2.05, 4.69) is 21.2 Å². The number of nitrogens with one attached hydrogen (secondary N) is 1. The number of carbonyl (C=O) groups is 1. The Balaban J connectivity index is 2.16. The summed E-state index contributed by atoms with van der Waals surface area (Å²) in [6.07, 6.45) is 2.95. The third kappa shape index (κ3) is 3.09. The fourth-order valence-electron chi connectivity index (χ4n) is 2.63. The van der Waals surface area contributed by atoms with Gasteiger partial charge in [-0.25, -0.2) is 0 Å². The molecule has 0 radical (unpaired) electrons. The molecule has 0 aliphatic heterocycles. The largest absolute Gasteiger partial charge is 0.398 e. The van der Waals surface area contributed by atoms with E-state index in [1.807, 2.05) is 6.92 Å². The quantitative estimate of drug-likeness (QED) is 0.745. The van der Waals surface area contributed by atoms with E-state index in [0.29, 0.717) is 11.3 Å². The van der Waals surface area contributed by atoms with Gasteiger partial charge in [-0.15, -0.1) is 0 Å². The molecular weight excluding hydrogens is 308 g/mol. The van der Waals surface area contributed by atoms with Crippen LogP contribution in [0.5, 0.6) is 0 Å². The average molecular weight is 327 g/mol. The van der Waals surface area contributed by atoms with Gasteiger partial charge < -0.3 is 16.2 Å². The Morgan fingerprint density at radius 2 is 2.26 bits per heavy atom. The van der Waals surface area contributed by atoms with Crippen molar-refractivity contribution in [1.29, 1.82) is 0 Å². The molecule has 2 unspecified atom stereocenters. The van der Waals surface area contributed by atoms with Crippen LogP contribution in [-0.2, 0) is 0 Å². The number of hydrogen-bond donors (Lipinski definition) is 3. The van der Waals surface area contributed by atoms with Crippen molar-refractivity contribution in [2.75, 3.05) is 12.3 Å². The van der Waals surface area contributed by atoms with Crippen LogP contribution >= 0.6 is 15.9 Å². The molecule has 1 aliphatic carbocycles. The van der Waals surface area contributed by atoms with E-state index >= 15 is 0 Å². The van der Waals surface area contributed by atoms with E-state index in [-0.39, 0.29) is 24.5 Å². The van der Waals surface area contributed by atoms with E-state index in [0.717, 1.165) is 29.3 Å². The van der Waals surface area contributed by atoms with Gasteiger partial charge in [0.2, 0.25) is 0 Å². The molecule has 0 aromatic heterocycles. The van der Waals surface area contributed by atoms with Crippen molar-refractivity contribution in [3.63, 3.8) is 0 Å². The highest BCUT2D eigenvalue weighted by molar-refractivity contribution is 9.10. The number of nitrogens with two attached hydrogens (primary N) is 1. The van der Waals surface area contributed by atoms with Crippen molar-refractivity contribution in [3.8, 4) is 0 Å². The SMILES string of the molecule is Cc1c(N)cc(Br)cc1C(=O)NC1CCCC1CO. The molecule has 104 valence electrons. The number of amides is 1. The number of nitrogen functional groups attached to an aromatic ring is 1. The summed E-state index contributed by atoms with van der Waals surface area (Å²) in [6.45, 7) is 1.97. The Morgan fingerprint density at radius 1 is 1.53 bits per heavy atom. The van der Waals surface area contributed by atoms with Gasteiger partial charge in [-0.2, -0.15) is 0 Å². The van der Waals surface area contributed by atoms with Crippen LogP contribution in [0.25, 0.3) is 0 Å². The lowest BCUT2D eigenvalue weighted by Gasteiger charge is -2.20. The maximum absolute atomic E-state index is 12.3. The molecule has 0 saturated heterocycles. The second kappa shape index (κ2) is 5.92. The normalized spacial score (nSPS) is 22.5. The molecule has 2 rings (SSSR count). The Hall–Kier alpha value is -1.07. The maximum atomic E-state index is 12.3. The summed E-state index contributed by atoms with van der Waals surface area (Å²) in [5.74, 6) is 0.0598. The zero-order valence-electron chi connectivity index (χ0n) is 10.9. The highest BCUT2D eigenvalue weighted by Crippen LogP contribution is 2.27. The van der Waals surface area contributed by atoms with Gasteiger partial charge in [0.1, 0.15) is 0 Å². The molecule has 2 atom stereocenters. The van der Waals surface area contributed by atoms with Crippen molar-refractivity contribution in [3.05, 3.63) is 27.7 Å². The monoisotopic (exact) mass is 326 g/mol. The molecule has 1 aromatic carbocycles. The molecule has 1 aromatic rings. The maximum Gasteiger partial charge on any atom is 0.251 e. The van der Waals surface area contributed by atoms with Crippen molar-refractivity contribution >= 4 is 27.5 Å². The fraction of sp³-hybridized carbons (Fsp3) is 0.500. The summed E-state index contributed by atoms with van der Waals surface area (Å²) in [5.41, 5.74) is 7.86. The highest BCUT2D eigenvalue weighted by atomic mass is 79.9. The van der Waals surface area contributed by atoms with E-state index in [1.54, 1.807) is 12.1 Å². The van der Waals surface area contributed by atoms with Crippen LogP contribution in [-0.4, -0.2) is 23.7 Å². The average Bonchev–Trinajstić information content (AvgIpc) is 2.80. The molecule has 5 heteroatoms. The first-order chi connectivity index (χ1) is 9.02. The van der Waals surface area contributed by atoms with Gasteiger partial charge in [0.15, 0.2) is 0 Å². The van der Waals surface area contributed by atoms with E-state index in [1.165, 1.54) is 0 Å².